The summed E-state index contributed by atoms with van der Waals surface area (Å²) in [6.45, 7) is 4.57. The van der Waals surface area contributed by atoms with Gasteiger partial charge in [0.15, 0.2) is 17.1 Å². The molecule has 6 nitrogen and oxygen atoms in total. The van der Waals surface area contributed by atoms with Crippen molar-refractivity contribution in [2.75, 3.05) is 6.01 Å². The molecule has 0 aliphatic heterocycles. The van der Waals surface area contributed by atoms with E-state index < -0.39 is 75.0 Å². The molecule has 9 atom stereocenters. The van der Waals surface area contributed by atoms with E-state index in [1.165, 1.54) is 43.3 Å². The highest BCUT2D eigenvalue weighted by atomic mass is 32.2. The Morgan fingerprint density at radius 2 is 1.82 bits per heavy atom. The highest BCUT2D eigenvalue weighted by molar-refractivity contribution is 8.13. The van der Waals surface area contributed by atoms with Crippen LogP contribution in [-0.2, 0) is 20.9 Å². The second-order valence-corrected chi connectivity index (χ2v) is 12.9. The van der Waals surface area contributed by atoms with Crippen LogP contribution < -0.4 is 0 Å². The van der Waals surface area contributed by atoms with E-state index in [2.05, 4.69) is 0 Å². The predicted molar refractivity (Wildman–Crippen MR) is 142 cm³/mol. The van der Waals surface area contributed by atoms with E-state index in [0.29, 0.717) is 17.3 Å². The largest absolute Gasteiger partial charge is 0.446 e. The number of carbonyl (C=O) groups excluding carboxylic acids is 3. The number of esters is 1. The Morgan fingerprint density at radius 1 is 1.15 bits per heavy atom. The summed E-state index contributed by atoms with van der Waals surface area (Å²) >= 11 is 0.353. The van der Waals surface area contributed by atoms with Gasteiger partial charge in [-0.25, -0.2) is 18.0 Å². The van der Waals surface area contributed by atoms with Crippen LogP contribution in [0.15, 0.2) is 48.1 Å². The van der Waals surface area contributed by atoms with Crippen LogP contribution in [0.4, 0.5) is 13.2 Å². The monoisotopic (exact) mass is 578 g/mol. The van der Waals surface area contributed by atoms with Crippen LogP contribution in [0.25, 0.3) is 0 Å². The predicted octanol–water partition coefficient (Wildman–Crippen LogP) is 4.83. The minimum atomic E-state index is -2.36. The highest BCUT2D eigenvalue weighted by Gasteiger charge is 2.78. The van der Waals surface area contributed by atoms with Crippen LogP contribution in [-0.4, -0.2) is 56.6 Å². The zero-order chi connectivity index (χ0) is 29.3. The van der Waals surface area contributed by atoms with Crippen LogP contribution in [0.1, 0.15) is 56.0 Å². The first-order chi connectivity index (χ1) is 18.8. The number of hydrogen-bond donors (Lipinski definition) is 2. The van der Waals surface area contributed by atoms with Gasteiger partial charge in [0.2, 0.25) is 5.12 Å². The molecule has 4 aliphatic carbocycles. The van der Waals surface area contributed by atoms with Crippen LogP contribution in [0, 0.1) is 28.6 Å². The summed E-state index contributed by atoms with van der Waals surface area (Å²) in [6, 6.07) is 4.87. The molecule has 0 saturated heterocycles. The van der Waals surface area contributed by atoms with Crippen molar-refractivity contribution in [1.82, 2.24) is 0 Å². The summed E-state index contributed by atoms with van der Waals surface area (Å²) in [7, 11) is 0. The minimum absolute atomic E-state index is 0.0134. The fourth-order valence-corrected chi connectivity index (χ4v) is 9.12. The summed E-state index contributed by atoms with van der Waals surface area (Å²) in [5.41, 5.74) is -6.58. The van der Waals surface area contributed by atoms with Crippen molar-refractivity contribution in [2.24, 2.45) is 28.6 Å². The molecule has 0 spiro atoms. The Balaban J connectivity index is 1.61. The van der Waals surface area contributed by atoms with Crippen molar-refractivity contribution in [3.05, 3.63) is 59.2 Å². The first kappa shape index (κ1) is 29.1. The van der Waals surface area contributed by atoms with E-state index in [9.17, 15) is 29.0 Å². The van der Waals surface area contributed by atoms with Gasteiger partial charge in [-0.05, 0) is 79.3 Å². The van der Waals surface area contributed by atoms with Crippen molar-refractivity contribution in [2.45, 2.75) is 70.2 Å². The summed E-state index contributed by atoms with van der Waals surface area (Å²) in [6.07, 6.45) is -0.167. The maximum absolute atomic E-state index is 17.5. The van der Waals surface area contributed by atoms with Gasteiger partial charge >= 0.3 is 5.97 Å². The maximum Gasteiger partial charge on any atom is 0.339 e. The third kappa shape index (κ3) is 3.74. The van der Waals surface area contributed by atoms with E-state index in [4.69, 9.17) is 4.74 Å². The lowest BCUT2D eigenvalue weighted by Gasteiger charge is -2.63. The van der Waals surface area contributed by atoms with Crippen LogP contribution >= 0.6 is 11.8 Å². The lowest BCUT2D eigenvalue weighted by Crippen LogP contribution is -2.70. The molecule has 0 radical (unpaired) electrons. The molecule has 4 aliphatic rings. The number of benzene rings is 1. The van der Waals surface area contributed by atoms with Crippen molar-refractivity contribution in [3.8, 4) is 0 Å². The fraction of sp³-hybridized carbons (Fsp3) is 0.567. The Labute approximate surface area is 235 Å². The number of fused-ring (bicyclic) bond motifs is 5. The van der Waals surface area contributed by atoms with E-state index in [1.54, 1.807) is 13.8 Å². The average Bonchev–Trinajstić information content (AvgIpc) is 3.13. The van der Waals surface area contributed by atoms with E-state index in [0.717, 1.165) is 6.08 Å². The number of aliphatic hydroxyl groups excluding tert-OH is 2. The third-order valence-corrected chi connectivity index (χ3v) is 11.0. The third-order valence-electron chi connectivity index (χ3n) is 10.3. The lowest BCUT2D eigenvalue weighted by atomic mass is 9.44. The Kier molecular flexibility index (Phi) is 7.15. The maximum atomic E-state index is 17.5. The number of rotatable bonds is 5. The topological polar surface area (TPSA) is 101 Å². The van der Waals surface area contributed by atoms with Gasteiger partial charge in [-0.1, -0.05) is 32.1 Å². The zero-order valence-electron chi connectivity index (χ0n) is 22.5. The van der Waals surface area contributed by atoms with Gasteiger partial charge in [0, 0.05) is 22.7 Å². The highest BCUT2D eigenvalue weighted by Crippen LogP contribution is 2.72. The summed E-state index contributed by atoms with van der Waals surface area (Å²) in [4.78, 5) is 39.2. The number of alkyl halides is 3. The molecule has 0 heterocycles. The molecule has 0 amide bonds. The van der Waals surface area contributed by atoms with Gasteiger partial charge in [0.1, 0.15) is 12.2 Å². The number of halogens is 3. The quantitative estimate of drug-likeness (QED) is 0.483. The van der Waals surface area contributed by atoms with Crippen LogP contribution in [0.2, 0.25) is 0 Å². The fourth-order valence-electron chi connectivity index (χ4n) is 8.33. The molecule has 2 N–H and O–H groups in total. The van der Waals surface area contributed by atoms with Crippen molar-refractivity contribution in [1.29, 1.82) is 0 Å². The molecule has 40 heavy (non-hydrogen) atoms. The molecule has 5 rings (SSSR count). The second-order valence-electron chi connectivity index (χ2n) is 12.0. The molecular formula is C30H33F3O6S. The van der Waals surface area contributed by atoms with Gasteiger partial charge < -0.3 is 14.9 Å². The molecule has 0 bridgehead atoms. The number of aliphatic hydroxyl groups is 2. The van der Waals surface area contributed by atoms with E-state index in [-0.39, 0.29) is 37.0 Å². The van der Waals surface area contributed by atoms with Crippen molar-refractivity contribution >= 4 is 28.6 Å². The Morgan fingerprint density at radius 3 is 2.45 bits per heavy atom. The second kappa shape index (κ2) is 9.84. The molecule has 216 valence electrons. The van der Waals surface area contributed by atoms with Gasteiger partial charge in [-0.2, -0.15) is 0 Å². The normalized spacial score (nSPS) is 42.0. The number of thioether (sulfide) groups is 1. The van der Waals surface area contributed by atoms with Gasteiger partial charge in [-0.3, -0.25) is 9.59 Å². The first-order valence-corrected chi connectivity index (χ1v) is 14.4. The Bertz CT molecular complexity index is 1300. The summed E-state index contributed by atoms with van der Waals surface area (Å²) in [5, 5.41) is 20.2. The molecule has 9 unspecified atom stereocenters. The average molecular weight is 579 g/mol. The van der Waals surface area contributed by atoms with Gasteiger partial charge in [-0.15, -0.1) is 0 Å². The van der Waals surface area contributed by atoms with Gasteiger partial charge in [0.05, 0.1) is 18.3 Å². The molecule has 10 heteroatoms. The van der Waals surface area contributed by atoms with Crippen molar-refractivity contribution < 1.29 is 42.5 Å². The van der Waals surface area contributed by atoms with E-state index >= 15 is 8.78 Å². The smallest absolute Gasteiger partial charge is 0.339 e. The summed E-state index contributed by atoms with van der Waals surface area (Å²) in [5.74, 6) is -3.78. The van der Waals surface area contributed by atoms with Gasteiger partial charge in [0.25, 0.3) is 0 Å². The minimum Gasteiger partial charge on any atom is -0.446 e. The molecule has 3 fully saturated rings. The van der Waals surface area contributed by atoms with E-state index in [1.807, 2.05) is 0 Å². The number of hydrogen-bond acceptors (Lipinski definition) is 7. The molecular weight excluding hydrogens is 545 g/mol. The number of carbonyl (C=O) groups is 3. The van der Waals surface area contributed by atoms with Crippen LogP contribution in [0.5, 0.6) is 0 Å². The summed E-state index contributed by atoms with van der Waals surface area (Å²) < 4.78 is 52.8. The molecule has 0 aromatic heterocycles. The number of ether oxygens (including phenoxy) is 1. The molecule has 1 aromatic rings. The molecule has 1 aromatic carbocycles. The lowest BCUT2D eigenvalue weighted by molar-refractivity contribution is -0.221. The zero-order valence-corrected chi connectivity index (χ0v) is 23.3. The standard InChI is InChI=1S/C30H33F3O6S/c1-16-10-20-21-12-23(32)22-11-19(35)8-9-27(22,2)29(21,33)24(36)13-28(20,3)30(16,26(38)40-15-31)39-25(37)18-6-4-17(14-34)5-7-18/h4-9,11,16,20-21,23-24,34,36H,10,12-15H2,1-3H3. The first-order valence-electron chi connectivity index (χ1n) is 13.4. The van der Waals surface area contributed by atoms with Crippen molar-refractivity contribution in [3.63, 3.8) is 0 Å². The number of allylic oxidation sites excluding steroid dienone is 4. The number of ketones is 1. The molecule has 3 saturated carbocycles. The SMILES string of the molecule is CC1CC2C3CC(F)C4=CC(=O)C=CC4(C)C3(F)C(O)CC2(C)C1(OC(=O)c1ccc(CO)cc1)C(=O)SCF. The Hall–Kier alpha value is -2.43. The van der Waals surface area contributed by atoms with Crippen LogP contribution in [0.3, 0.4) is 0 Å².